The van der Waals surface area contributed by atoms with Crippen molar-refractivity contribution in [3.8, 4) is 11.4 Å². The van der Waals surface area contributed by atoms with Crippen LogP contribution in [0.25, 0.3) is 22.6 Å². The van der Waals surface area contributed by atoms with Crippen molar-refractivity contribution in [1.82, 2.24) is 34.3 Å². The molecule has 2 saturated heterocycles. The van der Waals surface area contributed by atoms with Crippen LogP contribution in [0.2, 0.25) is 0 Å². The fourth-order valence-corrected chi connectivity index (χ4v) is 5.50. The zero-order valence-electron chi connectivity index (χ0n) is 19.7. The molecule has 0 radical (unpaired) electrons. The fraction of sp³-hybridized carbons (Fsp3) is 0.385. The lowest BCUT2D eigenvalue weighted by atomic mass is 10.1. The van der Waals surface area contributed by atoms with Crippen molar-refractivity contribution >= 4 is 11.2 Å². The van der Waals surface area contributed by atoms with Crippen molar-refractivity contribution in [2.45, 2.75) is 45.4 Å². The number of benzene rings is 1. The van der Waals surface area contributed by atoms with Crippen LogP contribution in [-0.4, -0.2) is 66.5 Å². The van der Waals surface area contributed by atoms with Gasteiger partial charge in [-0.15, -0.1) is 0 Å². The van der Waals surface area contributed by atoms with Gasteiger partial charge in [-0.1, -0.05) is 12.1 Å². The summed E-state index contributed by atoms with van der Waals surface area (Å²) in [5.41, 5.74) is 4.76. The summed E-state index contributed by atoms with van der Waals surface area (Å²) < 4.78 is 17.3. The van der Waals surface area contributed by atoms with E-state index in [1.165, 1.54) is 6.42 Å². The summed E-state index contributed by atoms with van der Waals surface area (Å²) in [5, 5.41) is 0. The number of rotatable bonds is 5. The Kier molecular flexibility index (Phi) is 5.15. The molecule has 2 aliphatic rings. The van der Waals surface area contributed by atoms with E-state index in [2.05, 4.69) is 37.9 Å². The molecule has 0 amide bonds. The molecule has 7 nitrogen and oxygen atoms in total. The van der Waals surface area contributed by atoms with E-state index in [0.717, 1.165) is 42.0 Å². The smallest absolute Gasteiger partial charge is 0.164 e. The van der Waals surface area contributed by atoms with Gasteiger partial charge < -0.3 is 9.47 Å². The number of pyridine rings is 1. The fourth-order valence-electron chi connectivity index (χ4n) is 5.50. The predicted molar refractivity (Wildman–Crippen MR) is 129 cm³/mol. The maximum atomic E-state index is 15.4. The first-order valence-corrected chi connectivity index (χ1v) is 11.8. The van der Waals surface area contributed by atoms with Crippen molar-refractivity contribution in [2.24, 2.45) is 0 Å². The highest BCUT2D eigenvalue weighted by Crippen LogP contribution is 2.31. The zero-order chi connectivity index (χ0) is 23.4. The second kappa shape index (κ2) is 8.21. The second-order valence-electron chi connectivity index (χ2n) is 9.63. The number of nitrogens with zero attached hydrogens (tertiary/aromatic N) is 7. The summed E-state index contributed by atoms with van der Waals surface area (Å²) in [4.78, 5) is 23.1. The Balaban J connectivity index is 1.33. The first-order valence-electron chi connectivity index (χ1n) is 11.8. The van der Waals surface area contributed by atoms with Gasteiger partial charge in [0.2, 0.25) is 0 Å². The molecule has 4 aromatic rings. The van der Waals surface area contributed by atoms with E-state index >= 15 is 4.39 Å². The SMILES string of the molecule is Cc1nc(C)c2nc(-c3cccnc3)n(Cc3ccc(CN4CC5CC4CN5C)cc3F)c2n1. The summed E-state index contributed by atoms with van der Waals surface area (Å²) in [6.45, 7) is 7.11. The normalized spacial score (nSPS) is 20.6. The molecule has 0 spiro atoms. The molecule has 1 aromatic carbocycles. The van der Waals surface area contributed by atoms with Gasteiger partial charge in [0, 0.05) is 55.2 Å². The lowest BCUT2D eigenvalue weighted by Crippen LogP contribution is -2.43. The molecule has 2 fully saturated rings. The summed E-state index contributed by atoms with van der Waals surface area (Å²) >= 11 is 0. The number of halogens is 1. The van der Waals surface area contributed by atoms with Crippen LogP contribution in [0.3, 0.4) is 0 Å². The predicted octanol–water partition coefficient (Wildman–Crippen LogP) is 3.58. The number of fused-ring (bicyclic) bond motifs is 3. The maximum Gasteiger partial charge on any atom is 0.164 e. The van der Waals surface area contributed by atoms with Crippen LogP contribution in [0.1, 0.15) is 29.1 Å². The van der Waals surface area contributed by atoms with E-state index in [9.17, 15) is 0 Å². The molecule has 174 valence electrons. The Hall–Kier alpha value is -3.23. The van der Waals surface area contributed by atoms with E-state index in [4.69, 9.17) is 4.98 Å². The summed E-state index contributed by atoms with van der Waals surface area (Å²) in [6.07, 6.45) is 4.73. The van der Waals surface area contributed by atoms with Crippen molar-refractivity contribution in [3.05, 3.63) is 71.2 Å². The number of likely N-dealkylation sites (N-methyl/N-ethyl adjacent to an activating group) is 1. The molecule has 2 unspecified atom stereocenters. The largest absolute Gasteiger partial charge is 0.304 e. The summed E-state index contributed by atoms with van der Waals surface area (Å²) in [7, 11) is 2.20. The number of piperazine rings is 1. The van der Waals surface area contributed by atoms with Gasteiger partial charge in [0.05, 0.1) is 12.2 Å². The van der Waals surface area contributed by atoms with Gasteiger partial charge in [0.1, 0.15) is 23.0 Å². The third-order valence-electron chi connectivity index (χ3n) is 7.26. The van der Waals surface area contributed by atoms with Crippen LogP contribution in [0.15, 0.2) is 42.7 Å². The van der Waals surface area contributed by atoms with E-state index in [1.807, 2.05) is 36.6 Å². The van der Waals surface area contributed by atoms with Crippen LogP contribution >= 0.6 is 0 Å². The van der Waals surface area contributed by atoms with Crippen molar-refractivity contribution in [1.29, 1.82) is 0 Å². The number of aromatic nitrogens is 5. The molecule has 3 aromatic heterocycles. The molecular formula is C26H28FN7. The van der Waals surface area contributed by atoms with E-state index in [1.54, 1.807) is 18.5 Å². The molecule has 2 atom stereocenters. The molecule has 0 saturated carbocycles. The standard InChI is InChI=1S/C26H28FN7/c1-16-24-26(30-17(2)29-16)34(25(31-24)19-5-4-8-28-11-19)13-20-7-6-18(9-23(20)27)12-33-15-21-10-22(33)14-32(21)3/h4-9,11,21-22H,10,12-15H2,1-3H3. The average molecular weight is 458 g/mol. The van der Waals surface area contributed by atoms with Gasteiger partial charge in [-0.25, -0.2) is 19.3 Å². The minimum absolute atomic E-state index is 0.194. The number of hydrogen-bond acceptors (Lipinski definition) is 6. The first kappa shape index (κ1) is 21.3. The Morgan fingerprint density at radius 1 is 1.03 bits per heavy atom. The average Bonchev–Trinajstić information content (AvgIpc) is 3.49. The molecular weight excluding hydrogens is 429 g/mol. The van der Waals surface area contributed by atoms with Crippen LogP contribution in [0, 0.1) is 19.7 Å². The Morgan fingerprint density at radius 3 is 2.62 bits per heavy atom. The number of imidazole rings is 1. The van der Waals surface area contributed by atoms with Gasteiger partial charge in [-0.3, -0.25) is 9.88 Å². The minimum atomic E-state index is -0.194. The highest BCUT2D eigenvalue weighted by molar-refractivity contribution is 5.79. The number of aryl methyl sites for hydroxylation is 2. The van der Waals surface area contributed by atoms with Crippen molar-refractivity contribution in [2.75, 3.05) is 20.1 Å². The topological polar surface area (TPSA) is 63.0 Å². The molecule has 0 N–H and O–H groups in total. The molecule has 6 rings (SSSR count). The second-order valence-corrected chi connectivity index (χ2v) is 9.63. The Morgan fingerprint density at radius 2 is 1.91 bits per heavy atom. The lowest BCUT2D eigenvalue weighted by Gasteiger charge is -2.31. The quantitative estimate of drug-likeness (QED) is 0.457. The van der Waals surface area contributed by atoms with Crippen LogP contribution in [-0.2, 0) is 13.1 Å². The lowest BCUT2D eigenvalue weighted by molar-refractivity contribution is 0.143. The first-order chi connectivity index (χ1) is 16.5. The van der Waals surface area contributed by atoms with Crippen molar-refractivity contribution < 1.29 is 4.39 Å². The number of likely N-dealkylation sites (tertiary alicyclic amines) is 2. The molecule has 34 heavy (non-hydrogen) atoms. The summed E-state index contributed by atoms with van der Waals surface area (Å²) in [5.74, 6) is 1.19. The van der Waals surface area contributed by atoms with Crippen LogP contribution in [0.5, 0.6) is 0 Å². The molecule has 8 heteroatoms. The molecule has 2 bridgehead atoms. The summed E-state index contributed by atoms with van der Waals surface area (Å²) in [6, 6.07) is 10.7. The highest BCUT2D eigenvalue weighted by Gasteiger charge is 2.41. The minimum Gasteiger partial charge on any atom is -0.304 e. The van der Waals surface area contributed by atoms with Crippen LogP contribution in [0.4, 0.5) is 4.39 Å². The van der Waals surface area contributed by atoms with Gasteiger partial charge in [-0.2, -0.15) is 0 Å². The molecule has 2 aliphatic heterocycles. The Bertz CT molecular complexity index is 1360. The van der Waals surface area contributed by atoms with Gasteiger partial charge in [-0.05, 0) is 51.1 Å². The highest BCUT2D eigenvalue weighted by atomic mass is 19.1. The Labute approximate surface area is 198 Å². The van der Waals surface area contributed by atoms with Crippen molar-refractivity contribution in [3.63, 3.8) is 0 Å². The van der Waals surface area contributed by atoms with Crippen LogP contribution < -0.4 is 0 Å². The third-order valence-corrected chi connectivity index (χ3v) is 7.26. The monoisotopic (exact) mass is 457 g/mol. The van der Waals surface area contributed by atoms with Gasteiger partial charge in [0.15, 0.2) is 5.65 Å². The van der Waals surface area contributed by atoms with Gasteiger partial charge in [0.25, 0.3) is 0 Å². The maximum absolute atomic E-state index is 15.4. The third kappa shape index (κ3) is 3.67. The molecule has 0 aliphatic carbocycles. The van der Waals surface area contributed by atoms with Gasteiger partial charge >= 0.3 is 0 Å². The number of hydrogen-bond donors (Lipinski definition) is 0. The zero-order valence-corrected chi connectivity index (χ0v) is 19.7. The molecule has 5 heterocycles. The van der Waals surface area contributed by atoms with E-state index < -0.39 is 0 Å². The van der Waals surface area contributed by atoms with E-state index in [0.29, 0.717) is 41.5 Å². The van der Waals surface area contributed by atoms with E-state index in [-0.39, 0.29) is 5.82 Å².